The van der Waals surface area contributed by atoms with Crippen LogP contribution in [0.3, 0.4) is 0 Å². The minimum absolute atomic E-state index is 0.519. The highest BCUT2D eigenvalue weighted by Crippen LogP contribution is 2.27. The van der Waals surface area contributed by atoms with Crippen LogP contribution in [0.25, 0.3) is 0 Å². The van der Waals surface area contributed by atoms with Gasteiger partial charge in [0.1, 0.15) is 12.2 Å². The lowest BCUT2D eigenvalue weighted by molar-refractivity contribution is -0.139. The molecule has 1 aromatic rings. The second-order valence-corrected chi connectivity index (χ2v) is 3.89. The van der Waals surface area contributed by atoms with Crippen molar-refractivity contribution in [2.75, 3.05) is 11.9 Å². The second-order valence-electron chi connectivity index (χ2n) is 3.89. The Hall–Kier alpha value is -2.04. The Morgan fingerprint density at radius 2 is 2.24 bits per heavy atom. The molecular weight excluding hydrogens is 222 g/mol. The molecule has 90 valence electrons. The molecule has 0 saturated carbocycles. The Balaban J connectivity index is 2.07. The number of hydrogen-bond donors (Lipinski definition) is 2. The molecule has 1 aliphatic heterocycles. The minimum Gasteiger partial charge on any atom is -0.493 e. The lowest BCUT2D eigenvalue weighted by atomic mass is 10.1. The number of carboxylic acids is 1. The van der Waals surface area contributed by atoms with Crippen LogP contribution < -0.4 is 10.1 Å². The molecule has 0 bridgehead atoms. The standard InChI is InChI=1S/C12H13NO4/c14-11(7-12(15)16)13-9-3-4-10-8(6-9)2-1-5-17-10/h3-4,6H,1-2,5,7H2,(H,13,14)(H,15,16). The van der Waals surface area contributed by atoms with Gasteiger partial charge in [-0.1, -0.05) is 0 Å². The Labute approximate surface area is 98.4 Å². The van der Waals surface area contributed by atoms with Crippen LogP contribution in [-0.4, -0.2) is 23.6 Å². The number of carbonyl (C=O) groups is 2. The fourth-order valence-corrected chi connectivity index (χ4v) is 1.78. The topological polar surface area (TPSA) is 75.6 Å². The molecule has 5 heteroatoms. The second kappa shape index (κ2) is 4.86. The van der Waals surface area contributed by atoms with E-state index in [0.29, 0.717) is 5.69 Å². The van der Waals surface area contributed by atoms with Crippen molar-refractivity contribution in [2.45, 2.75) is 19.3 Å². The van der Waals surface area contributed by atoms with Crippen molar-refractivity contribution in [2.24, 2.45) is 0 Å². The van der Waals surface area contributed by atoms with Crippen LogP contribution in [0.5, 0.6) is 5.75 Å². The van der Waals surface area contributed by atoms with E-state index in [4.69, 9.17) is 9.84 Å². The zero-order valence-corrected chi connectivity index (χ0v) is 9.23. The lowest BCUT2D eigenvalue weighted by Gasteiger charge is -2.17. The fraction of sp³-hybridized carbons (Fsp3) is 0.333. The number of ether oxygens (including phenoxy) is 1. The van der Waals surface area contributed by atoms with E-state index in [2.05, 4.69) is 5.32 Å². The van der Waals surface area contributed by atoms with Crippen LogP contribution in [0.4, 0.5) is 5.69 Å². The number of nitrogens with one attached hydrogen (secondary N) is 1. The average Bonchev–Trinajstić information content (AvgIpc) is 2.27. The zero-order valence-electron chi connectivity index (χ0n) is 9.23. The molecule has 2 rings (SSSR count). The van der Waals surface area contributed by atoms with Gasteiger partial charge in [-0.05, 0) is 36.6 Å². The predicted molar refractivity (Wildman–Crippen MR) is 61.1 cm³/mol. The third kappa shape index (κ3) is 2.96. The van der Waals surface area contributed by atoms with E-state index in [1.807, 2.05) is 6.07 Å². The normalized spacial score (nSPS) is 13.4. The molecule has 5 nitrogen and oxygen atoms in total. The average molecular weight is 235 g/mol. The van der Waals surface area contributed by atoms with Gasteiger partial charge in [-0.3, -0.25) is 9.59 Å². The molecule has 1 amide bonds. The number of carboxylic acid groups (broad SMARTS) is 1. The van der Waals surface area contributed by atoms with E-state index < -0.39 is 18.3 Å². The first-order chi connectivity index (χ1) is 8.15. The van der Waals surface area contributed by atoms with Gasteiger partial charge in [0.15, 0.2) is 0 Å². The van der Waals surface area contributed by atoms with Gasteiger partial charge < -0.3 is 15.2 Å². The molecule has 17 heavy (non-hydrogen) atoms. The molecule has 0 spiro atoms. The Bertz CT molecular complexity index is 456. The number of fused-ring (bicyclic) bond motifs is 1. The Morgan fingerprint density at radius 1 is 1.41 bits per heavy atom. The van der Waals surface area contributed by atoms with Crippen molar-refractivity contribution in [3.8, 4) is 5.75 Å². The summed E-state index contributed by atoms with van der Waals surface area (Å²) in [7, 11) is 0. The van der Waals surface area contributed by atoms with Crippen molar-refractivity contribution >= 4 is 17.6 Å². The van der Waals surface area contributed by atoms with E-state index in [0.717, 1.165) is 30.8 Å². The number of anilines is 1. The number of hydrogen-bond acceptors (Lipinski definition) is 3. The maximum atomic E-state index is 11.3. The van der Waals surface area contributed by atoms with Gasteiger partial charge in [0.2, 0.25) is 5.91 Å². The largest absolute Gasteiger partial charge is 0.493 e. The van der Waals surface area contributed by atoms with Gasteiger partial charge in [-0.15, -0.1) is 0 Å². The molecule has 0 saturated heterocycles. The van der Waals surface area contributed by atoms with Gasteiger partial charge in [0.05, 0.1) is 6.61 Å². The summed E-state index contributed by atoms with van der Waals surface area (Å²) in [5.74, 6) is -0.814. The summed E-state index contributed by atoms with van der Waals surface area (Å²) >= 11 is 0. The third-order valence-corrected chi connectivity index (χ3v) is 2.50. The van der Waals surface area contributed by atoms with E-state index >= 15 is 0 Å². The smallest absolute Gasteiger partial charge is 0.312 e. The highest BCUT2D eigenvalue weighted by atomic mass is 16.5. The van der Waals surface area contributed by atoms with Crippen molar-refractivity contribution in [3.63, 3.8) is 0 Å². The Morgan fingerprint density at radius 3 is 3.00 bits per heavy atom. The van der Waals surface area contributed by atoms with Crippen LogP contribution in [-0.2, 0) is 16.0 Å². The molecule has 0 aliphatic carbocycles. The van der Waals surface area contributed by atoms with Gasteiger partial charge in [-0.2, -0.15) is 0 Å². The molecule has 0 aromatic heterocycles. The molecule has 0 fully saturated rings. The molecule has 0 radical (unpaired) electrons. The van der Waals surface area contributed by atoms with Crippen molar-refractivity contribution < 1.29 is 19.4 Å². The van der Waals surface area contributed by atoms with Crippen LogP contribution in [0, 0.1) is 0 Å². The van der Waals surface area contributed by atoms with E-state index in [-0.39, 0.29) is 0 Å². The van der Waals surface area contributed by atoms with Crippen LogP contribution in [0.2, 0.25) is 0 Å². The van der Waals surface area contributed by atoms with Crippen LogP contribution in [0.15, 0.2) is 18.2 Å². The summed E-state index contributed by atoms with van der Waals surface area (Å²) in [5, 5.41) is 11.0. The third-order valence-electron chi connectivity index (χ3n) is 2.50. The van der Waals surface area contributed by atoms with Crippen molar-refractivity contribution in [1.29, 1.82) is 0 Å². The summed E-state index contributed by atoms with van der Waals surface area (Å²) in [6.07, 6.45) is 1.35. The SMILES string of the molecule is O=C(O)CC(=O)Nc1ccc2c(c1)CCCO2. The molecule has 0 unspecified atom stereocenters. The quantitative estimate of drug-likeness (QED) is 0.777. The summed E-state index contributed by atoms with van der Waals surface area (Å²) in [6, 6.07) is 5.34. The van der Waals surface area contributed by atoms with E-state index in [1.165, 1.54) is 0 Å². The molecular formula is C12H13NO4. The number of aliphatic carboxylic acids is 1. The molecule has 1 aliphatic rings. The first-order valence-corrected chi connectivity index (χ1v) is 5.42. The molecule has 1 aromatic carbocycles. The van der Waals surface area contributed by atoms with E-state index in [9.17, 15) is 9.59 Å². The molecule has 2 N–H and O–H groups in total. The maximum Gasteiger partial charge on any atom is 0.312 e. The number of amides is 1. The first kappa shape index (κ1) is 11.4. The van der Waals surface area contributed by atoms with Gasteiger partial charge in [0, 0.05) is 5.69 Å². The Kier molecular flexibility index (Phi) is 3.27. The lowest BCUT2D eigenvalue weighted by Crippen LogP contribution is -2.16. The van der Waals surface area contributed by atoms with Gasteiger partial charge in [-0.25, -0.2) is 0 Å². The molecule has 0 atom stereocenters. The monoisotopic (exact) mass is 235 g/mol. The number of rotatable bonds is 3. The van der Waals surface area contributed by atoms with Crippen LogP contribution in [0.1, 0.15) is 18.4 Å². The first-order valence-electron chi connectivity index (χ1n) is 5.42. The number of aryl methyl sites for hydroxylation is 1. The summed E-state index contributed by atoms with van der Waals surface area (Å²) in [6.45, 7) is 0.720. The summed E-state index contributed by atoms with van der Waals surface area (Å²) in [4.78, 5) is 21.6. The van der Waals surface area contributed by atoms with Crippen molar-refractivity contribution in [1.82, 2.24) is 0 Å². The minimum atomic E-state index is -1.14. The molecule has 1 heterocycles. The summed E-state index contributed by atoms with van der Waals surface area (Å²) in [5.41, 5.74) is 1.66. The highest BCUT2D eigenvalue weighted by molar-refractivity contribution is 6.01. The van der Waals surface area contributed by atoms with Crippen LogP contribution >= 0.6 is 0 Å². The zero-order chi connectivity index (χ0) is 12.3. The van der Waals surface area contributed by atoms with E-state index in [1.54, 1.807) is 12.1 Å². The van der Waals surface area contributed by atoms with Gasteiger partial charge in [0.25, 0.3) is 0 Å². The maximum absolute atomic E-state index is 11.3. The summed E-state index contributed by atoms with van der Waals surface area (Å²) < 4.78 is 5.44. The highest BCUT2D eigenvalue weighted by Gasteiger charge is 2.12. The number of carbonyl (C=O) groups excluding carboxylic acids is 1. The number of benzene rings is 1. The van der Waals surface area contributed by atoms with Gasteiger partial charge >= 0.3 is 5.97 Å². The van der Waals surface area contributed by atoms with Crippen molar-refractivity contribution in [3.05, 3.63) is 23.8 Å². The predicted octanol–water partition coefficient (Wildman–Crippen LogP) is 1.42. The fourth-order valence-electron chi connectivity index (χ4n) is 1.78.